The second-order valence-corrected chi connectivity index (χ2v) is 8.92. The summed E-state index contributed by atoms with van der Waals surface area (Å²) < 4.78 is 27.8. The van der Waals surface area contributed by atoms with Gasteiger partial charge in [-0.2, -0.15) is 0 Å². The predicted molar refractivity (Wildman–Crippen MR) is 84.0 cm³/mol. The van der Waals surface area contributed by atoms with Gasteiger partial charge in [0.15, 0.2) is 0 Å². The van der Waals surface area contributed by atoms with Crippen molar-refractivity contribution in [2.75, 3.05) is 6.54 Å². The molecule has 1 aliphatic rings. The molecule has 1 aromatic rings. The molecule has 0 aromatic heterocycles. The standard InChI is InChI=1S/C13H17Br2NO2S/c14-11-4-1-3-10(7-11)9-16-19(17,18)13-6-2-5-12(15)8-13/h2,5-6,8,10-11,16H,1,3-4,7,9H2. The first-order chi connectivity index (χ1) is 8.97. The van der Waals surface area contributed by atoms with E-state index in [9.17, 15) is 8.42 Å². The maximum absolute atomic E-state index is 12.2. The molecule has 0 aliphatic heterocycles. The lowest BCUT2D eigenvalue weighted by Crippen LogP contribution is -2.32. The minimum absolute atomic E-state index is 0.313. The van der Waals surface area contributed by atoms with Crippen LogP contribution in [0.3, 0.4) is 0 Å². The minimum atomic E-state index is -3.39. The molecular formula is C13H17Br2NO2S. The van der Waals surface area contributed by atoms with E-state index in [1.165, 1.54) is 12.8 Å². The molecule has 1 aliphatic carbocycles. The number of sulfonamides is 1. The molecule has 2 unspecified atom stereocenters. The van der Waals surface area contributed by atoms with E-state index in [-0.39, 0.29) is 0 Å². The van der Waals surface area contributed by atoms with Gasteiger partial charge in [0, 0.05) is 15.8 Å². The number of alkyl halides is 1. The summed E-state index contributed by atoms with van der Waals surface area (Å²) in [6.07, 6.45) is 4.50. The van der Waals surface area contributed by atoms with Gasteiger partial charge in [0.2, 0.25) is 10.0 Å². The van der Waals surface area contributed by atoms with Crippen LogP contribution in [-0.4, -0.2) is 19.8 Å². The largest absolute Gasteiger partial charge is 0.240 e. The average Bonchev–Trinajstić information content (AvgIpc) is 2.37. The van der Waals surface area contributed by atoms with E-state index in [1.54, 1.807) is 18.2 Å². The molecule has 1 fully saturated rings. The molecular weight excluding hydrogens is 394 g/mol. The topological polar surface area (TPSA) is 46.2 Å². The zero-order valence-corrected chi connectivity index (χ0v) is 14.5. The van der Waals surface area contributed by atoms with Crippen LogP contribution in [0.15, 0.2) is 33.6 Å². The van der Waals surface area contributed by atoms with Crippen LogP contribution in [0.4, 0.5) is 0 Å². The first kappa shape index (κ1) is 15.5. The number of hydrogen-bond donors (Lipinski definition) is 1. The lowest BCUT2D eigenvalue weighted by Gasteiger charge is -2.25. The zero-order chi connectivity index (χ0) is 13.9. The molecule has 2 atom stereocenters. The number of halogens is 2. The molecule has 0 saturated heterocycles. The van der Waals surface area contributed by atoms with Gasteiger partial charge in [0.05, 0.1) is 4.90 Å². The lowest BCUT2D eigenvalue weighted by atomic mass is 9.89. The molecule has 0 bridgehead atoms. The van der Waals surface area contributed by atoms with Crippen LogP contribution < -0.4 is 4.72 Å². The van der Waals surface area contributed by atoms with Gasteiger partial charge in [-0.15, -0.1) is 0 Å². The van der Waals surface area contributed by atoms with Crippen LogP contribution in [0, 0.1) is 5.92 Å². The highest BCUT2D eigenvalue weighted by Gasteiger charge is 2.22. The fraction of sp³-hybridized carbons (Fsp3) is 0.538. The third kappa shape index (κ3) is 4.55. The minimum Gasteiger partial charge on any atom is -0.211 e. The van der Waals surface area contributed by atoms with Crippen LogP contribution in [0.5, 0.6) is 0 Å². The molecule has 0 amide bonds. The van der Waals surface area contributed by atoms with Crippen molar-refractivity contribution in [2.45, 2.75) is 35.4 Å². The highest BCUT2D eigenvalue weighted by molar-refractivity contribution is 9.10. The maximum Gasteiger partial charge on any atom is 0.240 e. The van der Waals surface area contributed by atoms with E-state index < -0.39 is 10.0 Å². The Hall–Kier alpha value is 0.0900. The van der Waals surface area contributed by atoms with Crippen LogP contribution >= 0.6 is 31.9 Å². The van der Waals surface area contributed by atoms with Gasteiger partial charge in [-0.3, -0.25) is 0 Å². The molecule has 1 saturated carbocycles. The molecule has 1 aromatic carbocycles. The average molecular weight is 411 g/mol. The molecule has 0 spiro atoms. The van der Waals surface area contributed by atoms with Crippen LogP contribution in [0.2, 0.25) is 0 Å². The highest BCUT2D eigenvalue weighted by Crippen LogP contribution is 2.28. The van der Waals surface area contributed by atoms with Gasteiger partial charge in [0.25, 0.3) is 0 Å². The van der Waals surface area contributed by atoms with Crippen molar-refractivity contribution < 1.29 is 8.42 Å². The second-order valence-electron chi connectivity index (χ2n) is 4.94. The SMILES string of the molecule is O=S(=O)(NCC1CCCC(Br)C1)c1cccc(Br)c1. The molecule has 3 nitrogen and oxygen atoms in total. The third-order valence-electron chi connectivity index (χ3n) is 3.39. The predicted octanol–water partition coefficient (Wildman–Crippen LogP) is 3.68. The van der Waals surface area contributed by atoms with E-state index in [0.29, 0.717) is 22.2 Å². The first-order valence-electron chi connectivity index (χ1n) is 6.36. The highest BCUT2D eigenvalue weighted by atomic mass is 79.9. The van der Waals surface area contributed by atoms with Crippen LogP contribution in [0.1, 0.15) is 25.7 Å². The first-order valence-corrected chi connectivity index (χ1v) is 9.56. The summed E-state index contributed by atoms with van der Waals surface area (Å²) >= 11 is 6.91. The van der Waals surface area contributed by atoms with Gasteiger partial charge in [0.1, 0.15) is 0 Å². The summed E-state index contributed by atoms with van der Waals surface area (Å²) in [6.45, 7) is 0.525. The Kier molecular flexibility index (Phi) is 5.45. The molecule has 19 heavy (non-hydrogen) atoms. The van der Waals surface area contributed by atoms with Crippen molar-refractivity contribution in [3.8, 4) is 0 Å². The van der Waals surface area contributed by atoms with Crippen molar-refractivity contribution in [2.24, 2.45) is 5.92 Å². The molecule has 0 radical (unpaired) electrons. The normalized spacial score (nSPS) is 24.3. The van der Waals surface area contributed by atoms with Crippen molar-refractivity contribution in [3.63, 3.8) is 0 Å². The summed E-state index contributed by atoms with van der Waals surface area (Å²) in [5.41, 5.74) is 0. The number of hydrogen-bond acceptors (Lipinski definition) is 2. The third-order valence-corrected chi connectivity index (χ3v) is 6.13. The summed E-state index contributed by atoms with van der Waals surface area (Å²) in [4.78, 5) is 0.842. The van der Waals surface area contributed by atoms with Gasteiger partial charge in [-0.1, -0.05) is 44.3 Å². The monoisotopic (exact) mass is 409 g/mol. The van der Waals surface area contributed by atoms with Gasteiger partial charge < -0.3 is 0 Å². The smallest absolute Gasteiger partial charge is 0.211 e. The fourth-order valence-electron chi connectivity index (χ4n) is 2.36. The van der Waals surface area contributed by atoms with E-state index in [1.807, 2.05) is 6.07 Å². The van der Waals surface area contributed by atoms with Crippen LogP contribution in [-0.2, 0) is 10.0 Å². The zero-order valence-electron chi connectivity index (χ0n) is 10.5. The number of benzene rings is 1. The Labute approximate surface area is 131 Å². The van der Waals surface area contributed by atoms with E-state index in [4.69, 9.17) is 0 Å². The summed E-state index contributed by atoms with van der Waals surface area (Å²) in [5.74, 6) is 0.431. The summed E-state index contributed by atoms with van der Waals surface area (Å²) in [6, 6.07) is 6.78. The Morgan fingerprint density at radius 3 is 2.79 bits per heavy atom. The van der Waals surface area contributed by atoms with E-state index in [2.05, 4.69) is 36.6 Å². The Morgan fingerprint density at radius 1 is 1.32 bits per heavy atom. The van der Waals surface area contributed by atoms with Gasteiger partial charge >= 0.3 is 0 Å². The van der Waals surface area contributed by atoms with Crippen molar-refractivity contribution in [3.05, 3.63) is 28.7 Å². The number of rotatable bonds is 4. The van der Waals surface area contributed by atoms with Gasteiger partial charge in [-0.05, 0) is 43.4 Å². The summed E-state index contributed by atoms with van der Waals surface area (Å²) in [5, 5.41) is 0. The molecule has 6 heteroatoms. The van der Waals surface area contributed by atoms with Crippen molar-refractivity contribution >= 4 is 41.9 Å². The lowest BCUT2D eigenvalue weighted by molar-refractivity contribution is 0.368. The van der Waals surface area contributed by atoms with E-state index >= 15 is 0 Å². The maximum atomic E-state index is 12.2. The molecule has 2 rings (SSSR count). The molecule has 106 valence electrons. The Morgan fingerprint density at radius 2 is 2.11 bits per heavy atom. The Balaban J connectivity index is 1.98. The Bertz CT molecular complexity index is 533. The number of nitrogens with one attached hydrogen (secondary N) is 1. The van der Waals surface area contributed by atoms with Crippen molar-refractivity contribution in [1.29, 1.82) is 0 Å². The quantitative estimate of drug-likeness (QED) is 0.769. The van der Waals surface area contributed by atoms with E-state index in [0.717, 1.165) is 17.3 Å². The fourth-order valence-corrected chi connectivity index (χ4v) is 4.92. The van der Waals surface area contributed by atoms with Gasteiger partial charge in [-0.25, -0.2) is 13.1 Å². The van der Waals surface area contributed by atoms with Crippen molar-refractivity contribution in [1.82, 2.24) is 4.72 Å². The second kappa shape index (κ2) is 6.70. The molecule has 0 heterocycles. The molecule has 1 N–H and O–H groups in total. The van der Waals surface area contributed by atoms with Crippen LogP contribution in [0.25, 0.3) is 0 Å². The summed E-state index contributed by atoms with van der Waals surface area (Å²) in [7, 11) is -3.39.